The van der Waals surface area contributed by atoms with E-state index in [1.165, 1.54) is 23.8 Å². The predicted octanol–water partition coefficient (Wildman–Crippen LogP) is 2.13. The normalized spacial score (nSPS) is 19.8. The van der Waals surface area contributed by atoms with Crippen LogP contribution in [0.5, 0.6) is 0 Å². The van der Waals surface area contributed by atoms with Crippen LogP contribution in [0.3, 0.4) is 0 Å². The standard InChI is InChI=1S/C14H19NO2/c1-9-4-5-11-6-7-13(12(11)8-9)15-10(2)14(16)17-3/h4-5,8,10,13,15H,6-7H2,1-3H3. The number of esters is 1. The molecule has 0 aliphatic heterocycles. The predicted molar refractivity (Wildman–Crippen MR) is 66.9 cm³/mol. The Morgan fingerprint density at radius 1 is 1.53 bits per heavy atom. The number of fused-ring (bicyclic) bond motifs is 1. The summed E-state index contributed by atoms with van der Waals surface area (Å²) < 4.78 is 4.73. The Hall–Kier alpha value is -1.35. The third-order valence-electron chi connectivity index (χ3n) is 3.39. The molecule has 2 atom stereocenters. The number of nitrogens with one attached hydrogen (secondary N) is 1. The molecule has 0 saturated heterocycles. The van der Waals surface area contributed by atoms with E-state index in [1.54, 1.807) is 0 Å². The van der Waals surface area contributed by atoms with Crippen LogP contribution in [0, 0.1) is 6.92 Å². The summed E-state index contributed by atoms with van der Waals surface area (Å²) in [5, 5.41) is 3.34. The van der Waals surface area contributed by atoms with Crippen molar-refractivity contribution in [3.63, 3.8) is 0 Å². The summed E-state index contributed by atoms with van der Waals surface area (Å²) >= 11 is 0. The lowest BCUT2D eigenvalue weighted by Crippen LogP contribution is -2.36. The van der Waals surface area contributed by atoms with Crippen molar-refractivity contribution in [2.75, 3.05) is 7.11 Å². The van der Waals surface area contributed by atoms with Crippen LogP contribution in [0.4, 0.5) is 0 Å². The highest BCUT2D eigenvalue weighted by atomic mass is 16.5. The lowest BCUT2D eigenvalue weighted by molar-refractivity contribution is -0.142. The summed E-state index contributed by atoms with van der Waals surface area (Å²) in [5.74, 6) is -0.203. The van der Waals surface area contributed by atoms with E-state index in [0.717, 1.165) is 12.8 Å². The smallest absolute Gasteiger partial charge is 0.322 e. The second-order valence-corrected chi connectivity index (χ2v) is 4.71. The zero-order valence-electron chi connectivity index (χ0n) is 10.6. The van der Waals surface area contributed by atoms with Gasteiger partial charge >= 0.3 is 5.97 Å². The number of carbonyl (C=O) groups excluding carboxylic acids is 1. The van der Waals surface area contributed by atoms with Crippen molar-refractivity contribution in [3.8, 4) is 0 Å². The van der Waals surface area contributed by atoms with Gasteiger partial charge in [-0.2, -0.15) is 0 Å². The Kier molecular flexibility index (Phi) is 3.48. The van der Waals surface area contributed by atoms with Crippen molar-refractivity contribution in [1.29, 1.82) is 0 Å². The van der Waals surface area contributed by atoms with Crippen molar-refractivity contribution >= 4 is 5.97 Å². The molecule has 3 heteroatoms. The largest absolute Gasteiger partial charge is 0.468 e. The first-order chi connectivity index (χ1) is 8.11. The number of methoxy groups -OCH3 is 1. The quantitative estimate of drug-likeness (QED) is 0.813. The molecule has 1 aromatic rings. The number of hydrogen-bond acceptors (Lipinski definition) is 3. The molecular weight excluding hydrogens is 214 g/mol. The van der Waals surface area contributed by atoms with Crippen LogP contribution in [0.25, 0.3) is 0 Å². The van der Waals surface area contributed by atoms with E-state index in [1.807, 2.05) is 6.92 Å². The van der Waals surface area contributed by atoms with Gasteiger partial charge in [0, 0.05) is 6.04 Å². The maximum Gasteiger partial charge on any atom is 0.322 e. The number of carbonyl (C=O) groups is 1. The summed E-state index contributed by atoms with van der Waals surface area (Å²) in [6.07, 6.45) is 2.14. The molecule has 1 aromatic carbocycles. The second kappa shape index (κ2) is 4.88. The minimum Gasteiger partial charge on any atom is -0.468 e. The van der Waals surface area contributed by atoms with Gasteiger partial charge in [-0.15, -0.1) is 0 Å². The van der Waals surface area contributed by atoms with Gasteiger partial charge in [-0.05, 0) is 37.8 Å². The molecule has 0 fully saturated rings. The molecule has 1 aliphatic rings. The van der Waals surface area contributed by atoms with Gasteiger partial charge in [0.25, 0.3) is 0 Å². The fraction of sp³-hybridized carbons (Fsp3) is 0.500. The first-order valence-corrected chi connectivity index (χ1v) is 6.05. The number of aryl methyl sites for hydroxylation is 2. The monoisotopic (exact) mass is 233 g/mol. The zero-order chi connectivity index (χ0) is 12.4. The molecule has 92 valence electrons. The van der Waals surface area contributed by atoms with Crippen LogP contribution in [0.2, 0.25) is 0 Å². The van der Waals surface area contributed by atoms with Crippen molar-refractivity contribution < 1.29 is 9.53 Å². The Morgan fingerprint density at radius 2 is 2.29 bits per heavy atom. The topological polar surface area (TPSA) is 38.3 Å². The first kappa shape index (κ1) is 12.1. The average Bonchev–Trinajstić information content (AvgIpc) is 2.71. The second-order valence-electron chi connectivity index (χ2n) is 4.71. The third kappa shape index (κ3) is 2.50. The molecule has 2 unspecified atom stereocenters. The third-order valence-corrected chi connectivity index (χ3v) is 3.39. The molecule has 0 spiro atoms. The Labute approximate surface area is 102 Å². The summed E-state index contributed by atoms with van der Waals surface area (Å²) in [6.45, 7) is 3.94. The van der Waals surface area contributed by atoms with Crippen molar-refractivity contribution in [2.24, 2.45) is 0 Å². The number of rotatable bonds is 3. The molecular formula is C14H19NO2. The lowest BCUT2D eigenvalue weighted by Gasteiger charge is -2.18. The van der Waals surface area contributed by atoms with Crippen molar-refractivity contribution in [3.05, 3.63) is 34.9 Å². The van der Waals surface area contributed by atoms with E-state index in [2.05, 4.69) is 30.4 Å². The molecule has 0 bridgehead atoms. The summed E-state index contributed by atoms with van der Waals surface area (Å²) in [5.41, 5.74) is 3.99. The van der Waals surface area contributed by atoms with Crippen molar-refractivity contribution in [1.82, 2.24) is 5.32 Å². The van der Waals surface area contributed by atoms with Gasteiger partial charge in [-0.25, -0.2) is 0 Å². The van der Waals surface area contributed by atoms with Crippen LogP contribution < -0.4 is 5.32 Å². The van der Waals surface area contributed by atoms with Crippen LogP contribution >= 0.6 is 0 Å². The first-order valence-electron chi connectivity index (χ1n) is 6.05. The van der Waals surface area contributed by atoms with Gasteiger partial charge in [-0.3, -0.25) is 10.1 Å². The van der Waals surface area contributed by atoms with Gasteiger partial charge in [0.15, 0.2) is 0 Å². The number of ether oxygens (including phenoxy) is 1. The molecule has 0 amide bonds. The van der Waals surface area contributed by atoms with E-state index in [4.69, 9.17) is 4.74 Å². The zero-order valence-corrected chi connectivity index (χ0v) is 10.6. The maximum atomic E-state index is 11.4. The van der Waals surface area contributed by atoms with Crippen LogP contribution in [0.15, 0.2) is 18.2 Å². The Morgan fingerprint density at radius 3 is 3.00 bits per heavy atom. The molecule has 0 radical (unpaired) electrons. The van der Waals surface area contributed by atoms with Gasteiger partial charge < -0.3 is 4.74 Å². The fourth-order valence-corrected chi connectivity index (χ4v) is 2.44. The van der Waals surface area contributed by atoms with Crippen LogP contribution in [0.1, 0.15) is 36.1 Å². The van der Waals surface area contributed by atoms with Gasteiger partial charge in [0.1, 0.15) is 6.04 Å². The molecule has 3 nitrogen and oxygen atoms in total. The lowest BCUT2D eigenvalue weighted by atomic mass is 10.0. The molecule has 1 aliphatic carbocycles. The molecule has 0 saturated carbocycles. The summed E-state index contributed by atoms with van der Waals surface area (Å²) in [6, 6.07) is 6.57. The van der Waals surface area contributed by atoms with E-state index >= 15 is 0 Å². The minimum atomic E-state index is -0.253. The summed E-state index contributed by atoms with van der Waals surface area (Å²) in [4.78, 5) is 11.4. The molecule has 1 N–H and O–H groups in total. The minimum absolute atomic E-state index is 0.203. The van der Waals surface area contributed by atoms with Gasteiger partial charge in [0.2, 0.25) is 0 Å². The van der Waals surface area contributed by atoms with Gasteiger partial charge in [0.05, 0.1) is 7.11 Å². The highest BCUT2D eigenvalue weighted by molar-refractivity contribution is 5.75. The fourth-order valence-electron chi connectivity index (χ4n) is 2.44. The molecule has 17 heavy (non-hydrogen) atoms. The highest BCUT2D eigenvalue weighted by Gasteiger charge is 2.25. The molecule has 2 rings (SSSR count). The highest BCUT2D eigenvalue weighted by Crippen LogP contribution is 2.32. The average molecular weight is 233 g/mol. The molecule has 0 aromatic heterocycles. The van der Waals surface area contributed by atoms with E-state index in [0.29, 0.717) is 0 Å². The summed E-state index contributed by atoms with van der Waals surface area (Å²) in [7, 11) is 1.42. The van der Waals surface area contributed by atoms with Gasteiger partial charge in [-0.1, -0.05) is 23.8 Å². The van der Waals surface area contributed by atoms with E-state index in [-0.39, 0.29) is 18.1 Å². The van der Waals surface area contributed by atoms with E-state index < -0.39 is 0 Å². The Balaban J connectivity index is 2.11. The number of hydrogen-bond donors (Lipinski definition) is 1. The van der Waals surface area contributed by atoms with Crippen LogP contribution in [-0.2, 0) is 16.0 Å². The molecule has 0 heterocycles. The van der Waals surface area contributed by atoms with Crippen LogP contribution in [-0.4, -0.2) is 19.1 Å². The maximum absolute atomic E-state index is 11.4. The Bertz CT molecular complexity index is 428. The van der Waals surface area contributed by atoms with Crippen molar-refractivity contribution in [2.45, 2.75) is 38.8 Å². The van der Waals surface area contributed by atoms with E-state index in [9.17, 15) is 4.79 Å². The SMILES string of the molecule is COC(=O)C(C)NC1CCc2ccc(C)cc21. The number of benzene rings is 1.